The normalized spacial score (nSPS) is 13.7. The number of para-hydroxylation sites is 1. The predicted molar refractivity (Wildman–Crippen MR) is 296 cm³/mol. The third-order valence-corrected chi connectivity index (χ3v) is 13.1. The second-order valence-corrected chi connectivity index (χ2v) is 20.3. The van der Waals surface area contributed by atoms with Crippen LogP contribution in [0.4, 0.5) is 0 Å². The number of aromatic nitrogens is 3. The van der Waals surface area contributed by atoms with E-state index in [2.05, 4.69) is 57.5 Å². The molecule has 0 aliphatic carbocycles. The first-order valence-electron chi connectivity index (χ1n) is 25.6. The molecule has 2 aromatic heterocycles. The van der Waals surface area contributed by atoms with Crippen LogP contribution in [0.3, 0.4) is 0 Å². The van der Waals surface area contributed by atoms with Crippen molar-refractivity contribution in [3.63, 3.8) is 0 Å². The van der Waals surface area contributed by atoms with Crippen molar-refractivity contribution >= 4 is 81.8 Å². The van der Waals surface area contributed by atoms with Crippen LogP contribution in [-0.2, 0) is 73.6 Å². The van der Waals surface area contributed by atoms with Gasteiger partial charge in [0.05, 0.1) is 31.9 Å². The SMILES string of the molecule is CSCC[C@H](NC(=O)[C@H](CC(N)=O)NC(=O)[C@H](Cc1cnc[nH]1)NC(=O)[C@H](Cc1c[nH]c2ccccc12)NC(=O)CNC(=O)CNC(=O)[C@H](Cc1ccc(O)cc1)NC(=O)[C@@H](N)Cc1ccccc1)C(=O)N[C@@H](CC(C)C)C(=O)O. The summed E-state index contributed by atoms with van der Waals surface area (Å²) >= 11 is 1.35. The van der Waals surface area contributed by atoms with Crippen molar-refractivity contribution in [1.29, 1.82) is 0 Å². The predicted octanol–water partition coefficient (Wildman–Crippen LogP) is -0.905. The Kier molecular flexibility index (Phi) is 24.0. The summed E-state index contributed by atoms with van der Waals surface area (Å²) in [6.45, 7) is 2.22. The zero-order valence-corrected chi connectivity index (χ0v) is 45.2. The Hall–Kier alpha value is -8.78. The molecule has 25 nitrogen and oxygen atoms in total. The van der Waals surface area contributed by atoms with Gasteiger partial charge in [0.2, 0.25) is 53.2 Å². The molecule has 7 atom stereocenters. The third kappa shape index (κ3) is 20.2. The van der Waals surface area contributed by atoms with E-state index in [-0.39, 0.29) is 50.2 Å². The highest BCUT2D eigenvalue weighted by atomic mass is 32.2. The number of hydrogen-bond donors (Lipinski definition) is 14. The monoisotopic (exact) mass is 1120 g/mol. The number of carboxylic acid groups (broad SMARTS) is 1. The molecule has 428 valence electrons. The Bertz CT molecular complexity index is 2920. The molecule has 0 saturated carbocycles. The van der Waals surface area contributed by atoms with Crippen molar-refractivity contribution in [2.24, 2.45) is 17.4 Å². The van der Waals surface area contributed by atoms with Crippen LogP contribution in [-0.4, -0.2) is 152 Å². The van der Waals surface area contributed by atoms with Gasteiger partial charge in [0.25, 0.3) is 0 Å². The first kappa shape index (κ1) is 62.1. The van der Waals surface area contributed by atoms with Crippen molar-refractivity contribution in [3.05, 3.63) is 120 Å². The number of fused-ring (bicyclic) bond motifs is 1. The fourth-order valence-corrected chi connectivity index (χ4v) is 8.82. The Balaban J connectivity index is 1.29. The van der Waals surface area contributed by atoms with Crippen LogP contribution in [0.5, 0.6) is 5.75 Å². The highest BCUT2D eigenvalue weighted by molar-refractivity contribution is 7.98. The number of nitrogens with one attached hydrogen (secondary N) is 10. The van der Waals surface area contributed by atoms with Gasteiger partial charge in [-0.25, -0.2) is 9.78 Å². The maximum Gasteiger partial charge on any atom is 0.326 e. The van der Waals surface area contributed by atoms with E-state index in [1.165, 1.54) is 36.4 Å². The molecule has 0 fully saturated rings. The van der Waals surface area contributed by atoms with Crippen molar-refractivity contribution in [1.82, 2.24) is 57.5 Å². The molecule has 3 aromatic carbocycles. The molecule has 2 heterocycles. The Morgan fingerprint density at radius 1 is 0.613 bits per heavy atom. The lowest BCUT2D eigenvalue weighted by atomic mass is 10.0. The minimum absolute atomic E-state index is 0.0173. The summed E-state index contributed by atoms with van der Waals surface area (Å²) in [5, 5.41) is 40.5. The largest absolute Gasteiger partial charge is 0.508 e. The van der Waals surface area contributed by atoms with E-state index in [0.29, 0.717) is 33.5 Å². The van der Waals surface area contributed by atoms with E-state index in [4.69, 9.17) is 11.5 Å². The van der Waals surface area contributed by atoms with Gasteiger partial charge in [-0.15, -0.1) is 0 Å². The number of carbonyl (C=O) groups excluding carboxylic acids is 9. The van der Waals surface area contributed by atoms with Crippen LogP contribution in [0.1, 0.15) is 55.5 Å². The average molecular weight is 1120 g/mol. The number of aliphatic carboxylic acids is 1. The van der Waals surface area contributed by atoms with Crippen LogP contribution in [0.15, 0.2) is 97.6 Å². The second-order valence-electron chi connectivity index (χ2n) is 19.4. The number of primary amides is 1. The molecule has 0 spiro atoms. The maximum atomic E-state index is 14.5. The Labute approximate surface area is 465 Å². The fourth-order valence-electron chi connectivity index (χ4n) is 8.35. The number of hydrogen-bond acceptors (Lipinski definition) is 14. The molecule has 0 aliphatic heterocycles. The van der Waals surface area contributed by atoms with Gasteiger partial charge in [-0.3, -0.25) is 43.2 Å². The highest BCUT2D eigenvalue weighted by Crippen LogP contribution is 2.20. The number of amides is 9. The van der Waals surface area contributed by atoms with Crippen LogP contribution < -0.4 is 54.0 Å². The van der Waals surface area contributed by atoms with Crippen LogP contribution in [0.2, 0.25) is 0 Å². The zero-order valence-electron chi connectivity index (χ0n) is 44.4. The molecule has 80 heavy (non-hydrogen) atoms. The van der Waals surface area contributed by atoms with E-state index in [9.17, 15) is 58.2 Å². The minimum atomic E-state index is -1.70. The van der Waals surface area contributed by atoms with Gasteiger partial charge in [0.15, 0.2) is 0 Å². The number of phenolic OH excluding ortho intramolecular Hbond substituents is 1. The molecular formula is C54H69N13O12S. The summed E-state index contributed by atoms with van der Waals surface area (Å²) in [6.07, 6.45) is 5.21. The Morgan fingerprint density at radius 3 is 1.84 bits per heavy atom. The summed E-state index contributed by atoms with van der Waals surface area (Å²) in [4.78, 5) is 144. The van der Waals surface area contributed by atoms with Gasteiger partial charge < -0.3 is 74.2 Å². The lowest BCUT2D eigenvalue weighted by Crippen LogP contribution is -2.60. The molecule has 0 aliphatic rings. The third-order valence-electron chi connectivity index (χ3n) is 12.5. The minimum Gasteiger partial charge on any atom is -0.508 e. The van der Waals surface area contributed by atoms with E-state index >= 15 is 0 Å². The maximum absolute atomic E-state index is 14.5. The average Bonchev–Trinajstić information content (AvgIpc) is 4.13. The number of carbonyl (C=O) groups is 10. The Morgan fingerprint density at radius 2 is 1.19 bits per heavy atom. The van der Waals surface area contributed by atoms with E-state index in [0.717, 1.165) is 5.56 Å². The molecular weight excluding hydrogens is 1050 g/mol. The number of nitrogens with zero attached hydrogens (tertiary/aromatic N) is 1. The van der Waals surface area contributed by atoms with Crippen LogP contribution in [0, 0.1) is 5.92 Å². The molecule has 16 N–H and O–H groups in total. The number of benzene rings is 3. The molecule has 26 heteroatoms. The van der Waals surface area contributed by atoms with Crippen LogP contribution >= 0.6 is 11.8 Å². The number of imidazole rings is 1. The van der Waals surface area contributed by atoms with Gasteiger partial charge in [0.1, 0.15) is 42.0 Å². The van der Waals surface area contributed by atoms with Crippen molar-refractivity contribution in [2.45, 2.75) is 101 Å². The number of rotatable bonds is 32. The second kappa shape index (κ2) is 31.0. The zero-order chi connectivity index (χ0) is 58.3. The molecule has 5 rings (SSSR count). The van der Waals surface area contributed by atoms with Gasteiger partial charge in [-0.1, -0.05) is 74.5 Å². The van der Waals surface area contributed by atoms with Crippen molar-refractivity contribution in [2.75, 3.05) is 25.1 Å². The van der Waals surface area contributed by atoms with Gasteiger partial charge in [-0.2, -0.15) is 11.8 Å². The van der Waals surface area contributed by atoms with Crippen molar-refractivity contribution < 1.29 is 58.2 Å². The number of thioether (sulfide) groups is 1. The fraction of sp³-hybridized carbons (Fsp3) is 0.389. The standard InChI is InChI=1S/C54H69N13O12S/c1-30(2)19-44(54(78)79)67-50(74)39(17-18-80-3)63-53(77)43(24-45(56)69)66-52(76)42(23-34-26-57-29-61-34)65-51(75)41(22-33-25-58-38-12-8-7-11-36(33)38)62-47(71)28-59-46(70)27-60-49(73)40(21-32-13-15-35(68)16-14-32)64-48(72)37(55)20-31-9-5-4-6-10-31/h4-16,25-26,29-30,37,39-44,58,68H,17-24,27-28,55H2,1-3H3,(H2,56,69)(H,57,61)(H,59,70)(H,60,73)(H,62,71)(H,63,77)(H,64,72)(H,65,75)(H,66,76)(H,67,74)(H,78,79)/t37-,39-,40-,41-,42-,43-,44-/m0/s1. The quantitative estimate of drug-likeness (QED) is 0.0248. The summed E-state index contributed by atoms with van der Waals surface area (Å²) in [7, 11) is 0. The van der Waals surface area contributed by atoms with Crippen LogP contribution in [0.25, 0.3) is 10.9 Å². The molecule has 9 amide bonds. The lowest BCUT2D eigenvalue weighted by Gasteiger charge is -2.26. The molecule has 0 unspecified atom stereocenters. The topological polar surface area (TPSA) is 404 Å². The number of carboxylic acids is 1. The summed E-state index contributed by atoms with van der Waals surface area (Å²) in [5.41, 5.74) is 14.7. The number of nitrogens with two attached hydrogens (primary N) is 2. The molecule has 5 aromatic rings. The van der Waals surface area contributed by atoms with E-state index in [1.807, 2.05) is 6.07 Å². The number of aromatic amines is 2. The number of H-pyrrole nitrogens is 2. The lowest BCUT2D eigenvalue weighted by molar-refractivity contribution is -0.143. The van der Waals surface area contributed by atoms with Gasteiger partial charge in [0, 0.05) is 48.3 Å². The first-order chi connectivity index (χ1) is 38.2. The smallest absolute Gasteiger partial charge is 0.326 e. The van der Waals surface area contributed by atoms with E-state index in [1.54, 1.807) is 87.0 Å². The molecule has 0 saturated heterocycles. The number of phenols is 1. The highest BCUT2D eigenvalue weighted by Gasteiger charge is 2.34. The first-order valence-corrected chi connectivity index (χ1v) is 27.0. The van der Waals surface area contributed by atoms with E-state index < -0.39 is 121 Å². The van der Waals surface area contributed by atoms with Gasteiger partial charge in [-0.05, 0) is 72.1 Å². The molecule has 0 bridgehead atoms. The summed E-state index contributed by atoms with van der Waals surface area (Å²) in [5.74, 6) is -8.83. The molecule has 0 radical (unpaired) electrons. The van der Waals surface area contributed by atoms with Crippen molar-refractivity contribution in [3.8, 4) is 5.75 Å². The summed E-state index contributed by atoms with van der Waals surface area (Å²) < 4.78 is 0. The number of aromatic hydroxyl groups is 1. The summed E-state index contributed by atoms with van der Waals surface area (Å²) in [6, 6.07) is 12.7. The van der Waals surface area contributed by atoms with Gasteiger partial charge >= 0.3 is 5.97 Å².